The number of aromatic nitrogens is 6. The molecular formula is C24H18F3N7O. The highest BCUT2D eigenvalue weighted by Crippen LogP contribution is 2.31. The molecule has 11 heteroatoms. The maximum absolute atomic E-state index is 13.0. The fraction of sp³-hybridized carbons (Fsp3) is 0.125. The van der Waals surface area contributed by atoms with Gasteiger partial charge in [-0.15, -0.1) is 0 Å². The molecule has 0 saturated heterocycles. The van der Waals surface area contributed by atoms with Gasteiger partial charge in [0.1, 0.15) is 17.3 Å². The van der Waals surface area contributed by atoms with Crippen molar-refractivity contribution in [2.45, 2.75) is 12.7 Å². The van der Waals surface area contributed by atoms with Crippen molar-refractivity contribution in [1.29, 1.82) is 0 Å². The highest BCUT2D eigenvalue weighted by molar-refractivity contribution is 5.91. The minimum absolute atomic E-state index is 0.191. The molecule has 0 atom stereocenters. The van der Waals surface area contributed by atoms with Crippen LogP contribution in [-0.4, -0.2) is 36.3 Å². The Morgan fingerprint density at radius 1 is 1.00 bits per heavy atom. The molecule has 0 amide bonds. The first-order valence-electron chi connectivity index (χ1n) is 10.6. The molecular weight excluding hydrogens is 459 g/mol. The summed E-state index contributed by atoms with van der Waals surface area (Å²) in [6, 6.07) is 13.1. The van der Waals surface area contributed by atoms with Crippen molar-refractivity contribution in [2.24, 2.45) is 0 Å². The molecule has 0 radical (unpaired) electrons. The van der Waals surface area contributed by atoms with Crippen molar-refractivity contribution in [3.05, 3.63) is 94.9 Å². The first-order valence-corrected chi connectivity index (χ1v) is 10.6. The van der Waals surface area contributed by atoms with Gasteiger partial charge in [-0.1, -0.05) is 0 Å². The van der Waals surface area contributed by atoms with Crippen molar-refractivity contribution >= 4 is 16.9 Å². The molecule has 0 aliphatic carbocycles. The van der Waals surface area contributed by atoms with E-state index in [1.165, 1.54) is 27.4 Å². The summed E-state index contributed by atoms with van der Waals surface area (Å²) < 4.78 is 41.9. The van der Waals surface area contributed by atoms with Gasteiger partial charge >= 0.3 is 6.18 Å². The predicted molar refractivity (Wildman–Crippen MR) is 124 cm³/mol. The van der Waals surface area contributed by atoms with E-state index in [0.29, 0.717) is 39.6 Å². The van der Waals surface area contributed by atoms with Gasteiger partial charge in [-0.2, -0.15) is 18.3 Å². The van der Waals surface area contributed by atoms with Crippen LogP contribution in [0, 0.1) is 0 Å². The minimum Gasteiger partial charge on any atom is -0.373 e. The number of alkyl halides is 3. The summed E-state index contributed by atoms with van der Waals surface area (Å²) in [5, 5.41) is 8.18. The lowest BCUT2D eigenvalue weighted by atomic mass is 10.1. The average molecular weight is 477 g/mol. The molecule has 0 bridgehead atoms. The van der Waals surface area contributed by atoms with Gasteiger partial charge in [-0.05, 0) is 48.5 Å². The Labute approximate surface area is 196 Å². The summed E-state index contributed by atoms with van der Waals surface area (Å²) in [6.45, 7) is 0.191. The van der Waals surface area contributed by atoms with Crippen LogP contribution in [0.5, 0.6) is 0 Å². The van der Waals surface area contributed by atoms with E-state index in [9.17, 15) is 18.0 Å². The molecule has 1 N–H and O–H groups in total. The van der Waals surface area contributed by atoms with Crippen molar-refractivity contribution in [3.63, 3.8) is 0 Å². The number of nitrogens with one attached hydrogen (secondary N) is 1. The molecule has 35 heavy (non-hydrogen) atoms. The number of hydrogen-bond acceptors (Lipinski definition) is 6. The Morgan fingerprint density at radius 2 is 1.80 bits per heavy atom. The normalized spacial score (nSPS) is 11.7. The molecule has 4 heterocycles. The summed E-state index contributed by atoms with van der Waals surface area (Å²) in [7, 11) is 1.75. The largest absolute Gasteiger partial charge is 0.416 e. The summed E-state index contributed by atoms with van der Waals surface area (Å²) in [4.78, 5) is 25.7. The lowest BCUT2D eigenvalue weighted by Crippen LogP contribution is -2.20. The van der Waals surface area contributed by atoms with Gasteiger partial charge in [-0.3, -0.25) is 4.79 Å². The van der Waals surface area contributed by atoms with Crippen LogP contribution < -0.4 is 10.9 Å². The zero-order chi connectivity index (χ0) is 24.6. The highest BCUT2D eigenvalue weighted by Gasteiger charge is 2.30. The Morgan fingerprint density at radius 3 is 2.51 bits per heavy atom. The second-order valence-corrected chi connectivity index (χ2v) is 7.67. The molecule has 0 unspecified atom stereocenters. The number of fused-ring (bicyclic) bond motifs is 1. The molecule has 5 rings (SSSR count). The number of pyridine rings is 2. The van der Waals surface area contributed by atoms with Crippen LogP contribution in [0.15, 0.2) is 78.0 Å². The lowest BCUT2D eigenvalue weighted by Gasteiger charge is -2.08. The third-order valence-corrected chi connectivity index (χ3v) is 5.42. The van der Waals surface area contributed by atoms with Gasteiger partial charge in [0.15, 0.2) is 5.65 Å². The first-order chi connectivity index (χ1) is 16.8. The van der Waals surface area contributed by atoms with E-state index in [0.717, 1.165) is 12.1 Å². The molecule has 4 aromatic heterocycles. The maximum atomic E-state index is 13.0. The average Bonchev–Trinajstić information content (AvgIpc) is 3.25. The zero-order valence-electron chi connectivity index (χ0n) is 18.4. The number of rotatable bonds is 5. The number of benzene rings is 1. The van der Waals surface area contributed by atoms with Crippen LogP contribution in [0.4, 0.5) is 19.0 Å². The maximum Gasteiger partial charge on any atom is 0.416 e. The van der Waals surface area contributed by atoms with Gasteiger partial charge in [0.2, 0.25) is 0 Å². The monoisotopic (exact) mass is 477 g/mol. The standard InChI is InChI=1S/C24H18F3N7O/c1-28-19-8-11-29-20(31-19)14-33-12-9-15(13-21(33)35)22-18-3-2-10-30-23(18)34(32-22)17-6-4-16(5-7-17)24(25,26)27/h2-13H,14H2,1H3,(H,28,29,31). The van der Waals surface area contributed by atoms with Crippen LogP contribution in [-0.2, 0) is 12.7 Å². The quantitative estimate of drug-likeness (QED) is 0.409. The fourth-order valence-electron chi connectivity index (χ4n) is 3.69. The molecule has 0 saturated carbocycles. The van der Waals surface area contributed by atoms with Gasteiger partial charge in [0.05, 0.1) is 17.8 Å². The van der Waals surface area contributed by atoms with Crippen LogP contribution >= 0.6 is 0 Å². The SMILES string of the molecule is CNc1ccnc(Cn2ccc(-c3nn(-c4ccc(C(F)(F)F)cc4)c4ncccc34)cc2=O)n1. The molecule has 0 spiro atoms. The van der Waals surface area contributed by atoms with E-state index >= 15 is 0 Å². The van der Waals surface area contributed by atoms with E-state index in [2.05, 4.69) is 25.4 Å². The van der Waals surface area contributed by atoms with E-state index in [4.69, 9.17) is 0 Å². The van der Waals surface area contributed by atoms with Crippen LogP contribution in [0.2, 0.25) is 0 Å². The van der Waals surface area contributed by atoms with Crippen LogP contribution in [0.1, 0.15) is 11.4 Å². The topological polar surface area (TPSA) is 90.5 Å². The van der Waals surface area contributed by atoms with E-state index in [-0.39, 0.29) is 12.1 Å². The van der Waals surface area contributed by atoms with E-state index in [1.54, 1.807) is 49.9 Å². The summed E-state index contributed by atoms with van der Waals surface area (Å²) >= 11 is 0. The fourth-order valence-corrected chi connectivity index (χ4v) is 3.69. The second-order valence-electron chi connectivity index (χ2n) is 7.67. The van der Waals surface area contributed by atoms with E-state index < -0.39 is 11.7 Å². The Hall–Kier alpha value is -4.54. The van der Waals surface area contributed by atoms with Crippen molar-refractivity contribution in [3.8, 4) is 16.9 Å². The number of anilines is 1. The third-order valence-electron chi connectivity index (χ3n) is 5.42. The zero-order valence-corrected chi connectivity index (χ0v) is 18.4. The smallest absolute Gasteiger partial charge is 0.373 e. The van der Waals surface area contributed by atoms with Crippen molar-refractivity contribution < 1.29 is 13.2 Å². The van der Waals surface area contributed by atoms with Crippen LogP contribution in [0.25, 0.3) is 28.0 Å². The highest BCUT2D eigenvalue weighted by atomic mass is 19.4. The first kappa shape index (κ1) is 22.3. The number of halogens is 3. The second kappa shape index (κ2) is 8.67. The molecule has 0 fully saturated rings. The lowest BCUT2D eigenvalue weighted by molar-refractivity contribution is -0.137. The Balaban J connectivity index is 1.53. The van der Waals surface area contributed by atoms with Crippen molar-refractivity contribution in [2.75, 3.05) is 12.4 Å². The van der Waals surface area contributed by atoms with Gasteiger partial charge < -0.3 is 9.88 Å². The molecule has 0 aliphatic heterocycles. The van der Waals surface area contributed by atoms with Crippen molar-refractivity contribution in [1.82, 2.24) is 29.3 Å². The molecule has 176 valence electrons. The summed E-state index contributed by atoms with van der Waals surface area (Å²) in [6.07, 6.45) is 0.385. The minimum atomic E-state index is -4.43. The van der Waals surface area contributed by atoms with Crippen LogP contribution in [0.3, 0.4) is 0 Å². The van der Waals surface area contributed by atoms with E-state index in [1.807, 2.05) is 0 Å². The molecule has 8 nitrogen and oxygen atoms in total. The third kappa shape index (κ3) is 4.35. The molecule has 5 aromatic rings. The van der Waals surface area contributed by atoms with Gasteiger partial charge in [0.25, 0.3) is 5.56 Å². The summed E-state index contributed by atoms with van der Waals surface area (Å²) in [5.41, 5.74) is 0.901. The summed E-state index contributed by atoms with van der Waals surface area (Å²) in [5.74, 6) is 1.13. The molecule has 1 aromatic carbocycles. The van der Waals surface area contributed by atoms with Gasteiger partial charge in [-0.25, -0.2) is 19.6 Å². The Bertz CT molecular complexity index is 1570. The number of hydrogen-bond donors (Lipinski definition) is 1. The number of nitrogens with zero attached hydrogens (tertiary/aromatic N) is 6. The Kier molecular flexibility index (Phi) is 5.51. The predicted octanol–water partition coefficient (Wildman–Crippen LogP) is 4.15. The molecule has 0 aliphatic rings. The van der Waals surface area contributed by atoms with Gasteiger partial charge in [0, 0.05) is 42.7 Å².